The number of fused-ring (bicyclic) bond motifs is 2. The van der Waals surface area contributed by atoms with E-state index in [1.807, 2.05) is 43.6 Å². The number of phenols is 1. The molecule has 0 aliphatic heterocycles. The van der Waals surface area contributed by atoms with Crippen LogP contribution in [0.3, 0.4) is 0 Å². The van der Waals surface area contributed by atoms with E-state index in [2.05, 4.69) is 89.3 Å². The summed E-state index contributed by atoms with van der Waals surface area (Å²) in [6, 6.07) is 39.0. The topological polar surface area (TPSA) is 50.4 Å². The van der Waals surface area contributed by atoms with Crippen molar-refractivity contribution in [1.82, 2.24) is 14.4 Å². The molecule has 4 aromatic carbocycles. The molecule has 7 aromatic rings. The lowest BCUT2D eigenvalue weighted by Crippen LogP contribution is -1.92. The molecule has 0 radical (unpaired) electrons. The first-order valence-corrected chi connectivity index (χ1v) is 13.0. The van der Waals surface area contributed by atoms with Crippen LogP contribution in [-0.2, 0) is 0 Å². The smallest absolute Gasteiger partial charge is 0.145 e. The van der Waals surface area contributed by atoms with Gasteiger partial charge in [-0.15, -0.1) is 0 Å². The van der Waals surface area contributed by atoms with Crippen molar-refractivity contribution in [2.24, 2.45) is 0 Å². The molecule has 39 heavy (non-hydrogen) atoms. The number of nitrogens with zero attached hydrogens (tertiary/aromatic N) is 3. The van der Waals surface area contributed by atoms with E-state index in [1.54, 1.807) is 6.07 Å². The lowest BCUT2D eigenvalue weighted by molar-refractivity contribution is 0.477. The molecule has 0 saturated heterocycles. The Labute approximate surface area is 226 Å². The normalized spacial score (nSPS) is 11.3. The highest BCUT2D eigenvalue weighted by Gasteiger charge is 2.18. The molecule has 0 bridgehead atoms. The van der Waals surface area contributed by atoms with E-state index in [1.165, 1.54) is 0 Å². The number of hydrogen-bond donors (Lipinski definition) is 1. The summed E-state index contributed by atoms with van der Waals surface area (Å²) in [6.07, 6.45) is 3.91. The fourth-order valence-electron chi connectivity index (χ4n) is 5.41. The molecule has 4 heteroatoms. The van der Waals surface area contributed by atoms with Gasteiger partial charge in [0.2, 0.25) is 0 Å². The fraction of sp³-hybridized carbons (Fsp3) is 0.0286. The van der Waals surface area contributed by atoms with Crippen molar-refractivity contribution in [3.63, 3.8) is 0 Å². The molecular formula is C35H25N3O. The van der Waals surface area contributed by atoms with E-state index >= 15 is 0 Å². The second-order valence-electron chi connectivity index (χ2n) is 9.72. The van der Waals surface area contributed by atoms with Crippen molar-refractivity contribution >= 4 is 16.4 Å². The van der Waals surface area contributed by atoms with Crippen LogP contribution < -0.4 is 0 Å². The Bertz CT molecular complexity index is 1980. The van der Waals surface area contributed by atoms with Crippen LogP contribution >= 0.6 is 0 Å². The monoisotopic (exact) mass is 503 g/mol. The Morgan fingerprint density at radius 1 is 0.615 bits per heavy atom. The quantitative estimate of drug-likeness (QED) is 0.262. The molecule has 3 aromatic heterocycles. The summed E-state index contributed by atoms with van der Waals surface area (Å²) in [5.74, 6) is 0.223. The molecule has 0 unspecified atom stereocenters. The molecule has 0 aliphatic carbocycles. The van der Waals surface area contributed by atoms with Crippen LogP contribution in [-0.4, -0.2) is 19.5 Å². The molecule has 0 saturated carbocycles. The van der Waals surface area contributed by atoms with Gasteiger partial charge in [0.15, 0.2) is 0 Å². The largest absolute Gasteiger partial charge is 0.507 e. The van der Waals surface area contributed by atoms with Gasteiger partial charge in [0.05, 0.1) is 11.4 Å². The van der Waals surface area contributed by atoms with Crippen LogP contribution in [0.4, 0.5) is 0 Å². The first kappa shape index (κ1) is 22.9. The molecule has 0 spiro atoms. The molecule has 1 N–H and O–H groups in total. The van der Waals surface area contributed by atoms with Gasteiger partial charge in [0.25, 0.3) is 0 Å². The maximum atomic E-state index is 10.6. The van der Waals surface area contributed by atoms with Gasteiger partial charge in [-0.2, -0.15) is 0 Å². The first-order valence-electron chi connectivity index (χ1n) is 13.0. The average molecular weight is 504 g/mol. The fourth-order valence-corrected chi connectivity index (χ4v) is 5.41. The molecule has 0 fully saturated rings. The van der Waals surface area contributed by atoms with E-state index in [-0.39, 0.29) is 5.75 Å². The molecule has 0 aliphatic rings. The van der Waals surface area contributed by atoms with E-state index in [9.17, 15) is 5.11 Å². The van der Waals surface area contributed by atoms with Gasteiger partial charge in [-0.05, 0) is 77.5 Å². The molecule has 0 atom stereocenters. The Balaban J connectivity index is 1.49. The Morgan fingerprint density at radius 3 is 2.21 bits per heavy atom. The Morgan fingerprint density at radius 2 is 1.33 bits per heavy atom. The molecule has 3 heterocycles. The van der Waals surface area contributed by atoms with Crippen LogP contribution in [0, 0.1) is 6.92 Å². The van der Waals surface area contributed by atoms with Gasteiger partial charge < -0.3 is 9.51 Å². The second-order valence-corrected chi connectivity index (χ2v) is 9.72. The van der Waals surface area contributed by atoms with Crippen molar-refractivity contribution in [2.45, 2.75) is 6.92 Å². The zero-order valence-corrected chi connectivity index (χ0v) is 21.4. The number of rotatable bonds is 4. The summed E-state index contributed by atoms with van der Waals surface area (Å²) in [5.41, 5.74) is 9.65. The number of para-hydroxylation sites is 1. The maximum absolute atomic E-state index is 10.6. The number of pyridine rings is 2. The predicted molar refractivity (Wildman–Crippen MR) is 159 cm³/mol. The third kappa shape index (κ3) is 3.94. The van der Waals surface area contributed by atoms with Crippen molar-refractivity contribution in [1.29, 1.82) is 0 Å². The number of phenolic OH excluding ortho intramolecular Hbond substituents is 1. The number of imidazole rings is 1. The summed E-state index contributed by atoms with van der Waals surface area (Å²) in [7, 11) is 0. The van der Waals surface area contributed by atoms with E-state index in [0.717, 1.165) is 66.9 Å². The Hall–Kier alpha value is -5.22. The minimum Gasteiger partial charge on any atom is -0.507 e. The summed E-state index contributed by atoms with van der Waals surface area (Å²) in [6.45, 7) is 2.04. The minimum atomic E-state index is 0.223. The highest BCUT2D eigenvalue weighted by molar-refractivity contribution is 5.96. The van der Waals surface area contributed by atoms with Crippen LogP contribution in [0.1, 0.15) is 5.69 Å². The highest BCUT2D eigenvalue weighted by Crippen LogP contribution is 2.38. The molecule has 186 valence electrons. The van der Waals surface area contributed by atoms with Crippen LogP contribution in [0.2, 0.25) is 0 Å². The van der Waals surface area contributed by atoms with Crippen molar-refractivity contribution in [2.75, 3.05) is 0 Å². The number of hydrogen-bond acceptors (Lipinski definition) is 3. The van der Waals surface area contributed by atoms with E-state index in [0.29, 0.717) is 0 Å². The summed E-state index contributed by atoms with van der Waals surface area (Å²) in [4.78, 5) is 9.89. The summed E-state index contributed by atoms with van der Waals surface area (Å²) in [5, 5.41) is 12.8. The third-order valence-electron chi connectivity index (χ3n) is 7.35. The standard InChI is InChI=1S/C35H25N3O/c1-23-33(31-14-7-8-16-32(31)39)37-35-30(15-9-19-38(23)35)27-20-26(24-10-3-2-4-11-24)21-28(22-27)34-29-13-6-5-12-25(29)17-18-36-34/h2-22,39H,1H3. The number of benzene rings is 4. The molecule has 4 nitrogen and oxygen atoms in total. The zero-order chi connectivity index (χ0) is 26.3. The molecule has 0 amide bonds. The van der Waals surface area contributed by atoms with Crippen LogP contribution in [0.5, 0.6) is 5.75 Å². The second kappa shape index (κ2) is 9.26. The van der Waals surface area contributed by atoms with Gasteiger partial charge in [0.1, 0.15) is 11.4 Å². The summed E-state index contributed by atoms with van der Waals surface area (Å²) >= 11 is 0. The Kier molecular flexibility index (Phi) is 5.45. The lowest BCUT2D eigenvalue weighted by Gasteiger charge is -2.13. The van der Waals surface area contributed by atoms with Crippen LogP contribution in [0.15, 0.2) is 128 Å². The SMILES string of the molecule is Cc1c(-c2ccccc2O)nc2c(-c3cc(-c4ccccc4)cc(-c4nccc5ccccc45)c3)cccn12. The molecular weight excluding hydrogens is 478 g/mol. The lowest BCUT2D eigenvalue weighted by atomic mass is 9.94. The number of aromatic hydroxyl groups is 1. The van der Waals surface area contributed by atoms with Gasteiger partial charge in [0, 0.05) is 40.2 Å². The van der Waals surface area contributed by atoms with Crippen molar-refractivity contribution < 1.29 is 5.11 Å². The average Bonchev–Trinajstić information content (AvgIpc) is 3.33. The van der Waals surface area contributed by atoms with Gasteiger partial charge in [-0.3, -0.25) is 4.98 Å². The minimum absolute atomic E-state index is 0.223. The summed E-state index contributed by atoms with van der Waals surface area (Å²) < 4.78 is 2.10. The van der Waals surface area contributed by atoms with E-state index in [4.69, 9.17) is 9.97 Å². The predicted octanol–water partition coefficient (Wildman–Crippen LogP) is 8.56. The maximum Gasteiger partial charge on any atom is 0.145 e. The third-order valence-corrected chi connectivity index (χ3v) is 7.35. The number of aryl methyl sites for hydroxylation is 1. The van der Waals surface area contributed by atoms with E-state index < -0.39 is 0 Å². The van der Waals surface area contributed by atoms with Gasteiger partial charge in [-0.1, -0.05) is 66.7 Å². The van der Waals surface area contributed by atoms with Crippen molar-refractivity contribution in [3.8, 4) is 50.5 Å². The van der Waals surface area contributed by atoms with Crippen molar-refractivity contribution in [3.05, 3.63) is 133 Å². The van der Waals surface area contributed by atoms with Gasteiger partial charge >= 0.3 is 0 Å². The first-order chi connectivity index (χ1) is 19.2. The van der Waals surface area contributed by atoms with Crippen LogP contribution in [0.25, 0.3) is 61.2 Å². The number of aromatic nitrogens is 3. The van der Waals surface area contributed by atoms with Gasteiger partial charge in [-0.25, -0.2) is 4.98 Å². The molecule has 7 rings (SSSR count). The highest BCUT2D eigenvalue weighted by atomic mass is 16.3. The zero-order valence-electron chi connectivity index (χ0n) is 21.4.